The van der Waals surface area contributed by atoms with Crippen molar-refractivity contribution in [3.63, 3.8) is 0 Å². The average Bonchev–Trinajstić information content (AvgIpc) is 2.12. The maximum atomic E-state index is 11.2. The van der Waals surface area contributed by atoms with E-state index in [4.69, 9.17) is 5.73 Å². The zero-order valence-corrected chi connectivity index (χ0v) is 8.04. The lowest BCUT2D eigenvalue weighted by molar-refractivity contribution is -0.146. The Labute approximate surface area is 73.7 Å². The number of rotatable bonds is 5. The highest BCUT2D eigenvalue weighted by Gasteiger charge is 2.22. The largest absolute Gasteiger partial charge is 0.468 e. The van der Waals surface area contributed by atoms with E-state index in [0.717, 1.165) is 13.1 Å². The van der Waals surface area contributed by atoms with Crippen molar-refractivity contribution in [2.45, 2.75) is 19.9 Å². The quantitative estimate of drug-likeness (QED) is 0.588. The second kappa shape index (κ2) is 5.97. The van der Waals surface area contributed by atoms with Crippen molar-refractivity contribution in [1.29, 1.82) is 0 Å². The Kier molecular flexibility index (Phi) is 5.66. The highest BCUT2D eigenvalue weighted by Crippen LogP contribution is 1.99. The van der Waals surface area contributed by atoms with Crippen LogP contribution in [0.2, 0.25) is 0 Å². The van der Waals surface area contributed by atoms with E-state index in [1.165, 1.54) is 7.11 Å². The van der Waals surface area contributed by atoms with Crippen LogP contribution >= 0.6 is 0 Å². The molecule has 0 aromatic rings. The summed E-state index contributed by atoms with van der Waals surface area (Å²) in [7, 11) is 1.38. The molecule has 0 saturated heterocycles. The van der Waals surface area contributed by atoms with Crippen LogP contribution in [0.3, 0.4) is 0 Å². The minimum atomic E-state index is -0.287. The van der Waals surface area contributed by atoms with Gasteiger partial charge in [0, 0.05) is 6.54 Å². The molecular formula is C8H18N2O2. The summed E-state index contributed by atoms with van der Waals surface area (Å²) >= 11 is 0. The summed E-state index contributed by atoms with van der Waals surface area (Å²) in [6.45, 7) is 5.93. The second-order valence-corrected chi connectivity index (χ2v) is 2.50. The molecule has 4 heteroatoms. The first-order valence-corrected chi connectivity index (χ1v) is 4.23. The summed E-state index contributed by atoms with van der Waals surface area (Å²) in [5.74, 6) is -0.249. The number of methoxy groups -OCH3 is 1. The van der Waals surface area contributed by atoms with Gasteiger partial charge in [-0.15, -0.1) is 0 Å². The van der Waals surface area contributed by atoms with Crippen LogP contribution in [0.15, 0.2) is 0 Å². The fourth-order valence-electron chi connectivity index (χ4n) is 1.19. The standard InChI is InChI=1S/C8H18N2O2/c1-4-10(5-2)7(6-9)8(11)12-3/h7H,4-6,9H2,1-3H3/t7-/m0/s1. The molecule has 0 amide bonds. The molecule has 0 saturated carbocycles. The van der Waals surface area contributed by atoms with Gasteiger partial charge in [0.15, 0.2) is 0 Å². The lowest BCUT2D eigenvalue weighted by atomic mass is 10.2. The first kappa shape index (κ1) is 11.4. The molecule has 2 N–H and O–H groups in total. The number of carbonyl (C=O) groups excluding carboxylic acids is 1. The number of likely N-dealkylation sites (N-methyl/N-ethyl adjacent to an activating group) is 1. The minimum Gasteiger partial charge on any atom is -0.468 e. The zero-order chi connectivity index (χ0) is 9.56. The lowest BCUT2D eigenvalue weighted by Gasteiger charge is -2.25. The van der Waals surface area contributed by atoms with Crippen LogP contribution < -0.4 is 5.73 Å². The Morgan fingerprint density at radius 3 is 2.25 bits per heavy atom. The van der Waals surface area contributed by atoms with E-state index < -0.39 is 0 Å². The topological polar surface area (TPSA) is 55.6 Å². The molecule has 0 unspecified atom stereocenters. The molecule has 0 radical (unpaired) electrons. The highest BCUT2D eigenvalue weighted by atomic mass is 16.5. The van der Waals surface area contributed by atoms with Gasteiger partial charge in [0.2, 0.25) is 0 Å². The zero-order valence-electron chi connectivity index (χ0n) is 8.04. The van der Waals surface area contributed by atoms with Crippen LogP contribution in [0.1, 0.15) is 13.8 Å². The van der Waals surface area contributed by atoms with E-state index in [1.807, 2.05) is 18.7 Å². The van der Waals surface area contributed by atoms with E-state index in [-0.39, 0.29) is 12.0 Å². The number of hydrogen-bond acceptors (Lipinski definition) is 4. The molecule has 0 aliphatic heterocycles. The van der Waals surface area contributed by atoms with E-state index in [0.29, 0.717) is 6.54 Å². The predicted molar refractivity (Wildman–Crippen MR) is 47.8 cm³/mol. The van der Waals surface area contributed by atoms with Crippen molar-refractivity contribution in [2.24, 2.45) is 5.73 Å². The fraction of sp³-hybridized carbons (Fsp3) is 0.875. The monoisotopic (exact) mass is 174 g/mol. The predicted octanol–water partition coefficient (Wildman–Crippen LogP) is -0.171. The Morgan fingerprint density at radius 2 is 2.00 bits per heavy atom. The third-order valence-electron chi connectivity index (χ3n) is 1.95. The number of esters is 1. The van der Waals surface area contributed by atoms with Crippen molar-refractivity contribution >= 4 is 5.97 Å². The van der Waals surface area contributed by atoms with Crippen LogP contribution in [0.25, 0.3) is 0 Å². The summed E-state index contributed by atoms with van der Waals surface area (Å²) < 4.78 is 4.63. The molecule has 0 aromatic heterocycles. The van der Waals surface area contributed by atoms with Gasteiger partial charge in [-0.25, -0.2) is 0 Å². The van der Waals surface area contributed by atoms with Gasteiger partial charge in [0.05, 0.1) is 7.11 Å². The average molecular weight is 174 g/mol. The number of hydrogen-bond donors (Lipinski definition) is 1. The van der Waals surface area contributed by atoms with Crippen LogP contribution in [-0.4, -0.2) is 43.7 Å². The Hall–Kier alpha value is -0.610. The number of carbonyl (C=O) groups is 1. The molecule has 0 aliphatic rings. The molecule has 4 nitrogen and oxygen atoms in total. The van der Waals surface area contributed by atoms with Crippen LogP contribution in [-0.2, 0) is 9.53 Å². The maximum absolute atomic E-state index is 11.2. The van der Waals surface area contributed by atoms with E-state index in [9.17, 15) is 4.79 Å². The van der Waals surface area contributed by atoms with Crippen LogP contribution in [0, 0.1) is 0 Å². The van der Waals surface area contributed by atoms with E-state index in [1.54, 1.807) is 0 Å². The summed E-state index contributed by atoms with van der Waals surface area (Å²) in [5, 5.41) is 0. The van der Waals surface area contributed by atoms with Crippen molar-refractivity contribution in [2.75, 3.05) is 26.7 Å². The fourth-order valence-corrected chi connectivity index (χ4v) is 1.19. The molecule has 0 fully saturated rings. The van der Waals surface area contributed by atoms with E-state index >= 15 is 0 Å². The summed E-state index contributed by atoms with van der Waals surface area (Å²) in [6.07, 6.45) is 0. The number of nitrogens with zero attached hydrogens (tertiary/aromatic N) is 1. The van der Waals surface area contributed by atoms with Crippen molar-refractivity contribution < 1.29 is 9.53 Å². The molecule has 0 rings (SSSR count). The second-order valence-electron chi connectivity index (χ2n) is 2.50. The van der Waals surface area contributed by atoms with Crippen molar-refractivity contribution in [1.82, 2.24) is 4.90 Å². The third kappa shape index (κ3) is 2.79. The third-order valence-corrected chi connectivity index (χ3v) is 1.95. The summed E-state index contributed by atoms with van der Waals surface area (Å²) in [5.41, 5.74) is 5.46. The first-order valence-electron chi connectivity index (χ1n) is 4.23. The van der Waals surface area contributed by atoms with Gasteiger partial charge in [-0.3, -0.25) is 9.69 Å². The van der Waals surface area contributed by atoms with E-state index in [2.05, 4.69) is 4.74 Å². The Morgan fingerprint density at radius 1 is 1.50 bits per heavy atom. The smallest absolute Gasteiger partial charge is 0.324 e. The Bertz CT molecular complexity index is 135. The summed E-state index contributed by atoms with van der Waals surface area (Å²) in [6, 6.07) is -0.287. The van der Waals surface area contributed by atoms with Gasteiger partial charge in [-0.1, -0.05) is 13.8 Å². The van der Waals surface area contributed by atoms with Crippen LogP contribution in [0.5, 0.6) is 0 Å². The molecule has 0 bridgehead atoms. The molecule has 12 heavy (non-hydrogen) atoms. The molecule has 1 atom stereocenters. The van der Waals surface area contributed by atoms with Crippen molar-refractivity contribution in [3.05, 3.63) is 0 Å². The highest BCUT2D eigenvalue weighted by molar-refractivity contribution is 5.75. The minimum absolute atomic E-state index is 0.249. The van der Waals surface area contributed by atoms with Crippen molar-refractivity contribution in [3.8, 4) is 0 Å². The normalized spacial score (nSPS) is 13.1. The number of nitrogens with two attached hydrogens (primary N) is 1. The maximum Gasteiger partial charge on any atom is 0.324 e. The Balaban J connectivity index is 4.19. The molecule has 0 aromatic carbocycles. The number of ether oxygens (including phenoxy) is 1. The first-order chi connectivity index (χ1) is 5.71. The van der Waals surface area contributed by atoms with Gasteiger partial charge >= 0.3 is 5.97 Å². The van der Waals surface area contributed by atoms with Gasteiger partial charge in [0.1, 0.15) is 6.04 Å². The van der Waals surface area contributed by atoms with Gasteiger partial charge in [0.25, 0.3) is 0 Å². The molecule has 0 aliphatic carbocycles. The van der Waals surface area contributed by atoms with Gasteiger partial charge in [-0.2, -0.15) is 0 Å². The summed E-state index contributed by atoms with van der Waals surface area (Å²) in [4.78, 5) is 13.1. The molecule has 0 heterocycles. The SMILES string of the molecule is CCN(CC)[C@@H](CN)C(=O)OC. The van der Waals surface area contributed by atoms with Gasteiger partial charge in [-0.05, 0) is 13.1 Å². The van der Waals surface area contributed by atoms with Gasteiger partial charge < -0.3 is 10.5 Å². The van der Waals surface area contributed by atoms with Crippen LogP contribution in [0.4, 0.5) is 0 Å². The molecule has 72 valence electrons. The lowest BCUT2D eigenvalue weighted by Crippen LogP contribution is -2.46. The molecule has 0 spiro atoms. The molecular weight excluding hydrogens is 156 g/mol.